The standard InChI is InChI=1S/C18H20N6O/c1-12-3-6-15(7-4-12)24-11-16(21-22-24)18(25)20-14-5-8-17-19-13(2)9-23(17)10-14/h3-4,6-7,9,11,14H,5,8,10H2,1-2H3,(H,20,25). The maximum absolute atomic E-state index is 12.5. The summed E-state index contributed by atoms with van der Waals surface area (Å²) in [5.41, 5.74) is 3.40. The highest BCUT2D eigenvalue weighted by Gasteiger charge is 2.22. The molecule has 0 radical (unpaired) electrons. The van der Waals surface area contributed by atoms with Crippen LogP contribution in [0.1, 0.15) is 34.0 Å². The van der Waals surface area contributed by atoms with Gasteiger partial charge in [-0.2, -0.15) is 0 Å². The highest BCUT2D eigenvalue weighted by atomic mass is 16.2. The summed E-state index contributed by atoms with van der Waals surface area (Å²) in [7, 11) is 0. The Labute approximate surface area is 145 Å². The summed E-state index contributed by atoms with van der Waals surface area (Å²) in [5, 5.41) is 11.1. The van der Waals surface area contributed by atoms with E-state index in [1.165, 1.54) is 5.56 Å². The van der Waals surface area contributed by atoms with Gasteiger partial charge in [0.25, 0.3) is 5.91 Å². The Balaban J connectivity index is 1.44. The molecule has 128 valence electrons. The van der Waals surface area contributed by atoms with Crippen molar-refractivity contribution in [1.29, 1.82) is 0 Å². The van der Waals surface area contributed by atoms with E-state index in [2.05, 4.69) is 25.2 Å². The lowest BCUT2D eigenvalue weighted by Gasteiger charge is -2.24. The third kappa shape index (κ3) is 3.17. The van der Waals surface area contributed by atoms with Gasteiger partial charge in [-0.25, -0.2) is 9.67 Å². The summed E-state index contributed by atoms with van der Waals surface area (Å²) < 4.78 is 3.74. The van der Waals surface area contributed by atoms with E-state index in [1.807, 2.05) is 44.3 Å². The van der Waals surface area contributed by atoms with Crippen LogP contribution < -0.4 is 5.32 Å². The largest absolute Gasteiger partial charge is 0.346 e. The van der Waals surface area contributed by atoms with E-state index < -0.39 is 0 Å². The number of aromatic nitrogens is 5. The van der Waals surface area contributed by atoms with Crippen molar-refractivity contribution in [1.82, 2.24) is 29.9 Å². The first-order chi connectivity index (χ1) is 12.1. The van der Waals surface area contributed by atoms with Crippen LogP contribution in [0.3, 0.4) is 0 Å². The molecule has 7 heteroatoms. The Morgan fingerprint density at radius 2 is 2.00 bits per heavy atom. The molecule has 25 heavy (non-hydrogen) atoms. The summed E-state index contributed by atoms with van der Waals surface area (Å²) in [6, 6.07) is 8.00. The van der Waals surface area contributed by atoms with Gasteiger partial charge in [0.15, 0.2) is 5.69 Å². The summed E-state index contributed by atoms with van der Waals surface area (Å²) in [6.45, 7) is 4.76. The number of carbonyl (C=O) groups is 1. The smallest absolute Gasteiger partial charge is 0.273 e. The molecule has 0 bridgehead atoms. The third-order valence-corrected chi connectivity index (χ3v) is 4.47. The zero-order valence-electron chi connectivity index (χ0n) is 14.3. The van der Waals surface area contributed by atoms with Gasteiger partial charge in [0.2, 0.25) is 0 Å². The number of fused-ring (bicyclic) bond motifs is 1. The van der Waals surface area contributed by atoms with Gasteiger partial charge in [-0.05, 0) is 32.4 Å². The van der Waals surface area contributed by atoms with E-state index >= 15 is 0 Å². The molecule has 0 saturated heterocycles. The molecule has 7 nitrogen and oxygen atoms in total. The molecule has 4 rings (SSSR count). The Morgan fingerprint density at radius 3 is 2.80 bits per heavy atom. The fraction of sp³-hybridized carbons (Fsp3) is 0.333. The lowest BCUT2D eigenvalue weighted by molar-refractivity contribution is 0.0922. The molecule has 1 aromatic carbocycles. The van der Waals surface area contributed by atoms with Gasteiger partial charge < -0.3 is 9.88 Å². The van der Waals surface area contributed by atoms with Gasteiger partial charge >= 0.3 is 0 Å². The number of benzene rings is 1. The van der Waals surface area contributed by atoms with Gasteiger partial charge in [-0.15, -0.1) is 5.10 Å². The van der Waals surface area contributed by atoms with Crippen LogP contribution >= 0.6 is 0 Å². The van der Waals surface area contributed by atoms with Crippen LogP contribution in [-0.4, -0.2) is 36.5 Å². The predicted octanol–water partition coefficient (Wildman–Crippen LogP) is 1.83. The van der Waals surface area contributed by atoms with Crippen LogP contribution in [0.25, 0.3) is 5.69 Å². The second-order valence-electron chi connectivity index (χ2n) is 6.54. The van der Waals surface area contributed by atoms with Crippen LogP contribution in [0.2, 0.25) is 0 Å². The zero-order valence-corrected chi connectivity index (χ0v) is 14.3. The minimum Gasteiger partial charge on any atom is -0.346 e. The Kier molecular flexibility index (Phi) is 3.83. The average molecular weight is 336 g/mol. The van der Waals surface area contributed by atoms with Crippen molar-refractivity contribution in [2.24, 2.45) is 0 Å². The predicted molar refractivity (Wildman–Crippen MR) is 92.6 cm³/mol. The summed E-state index contributed by atoms with van der Waals surface area (Å²) >= 11 is 0. The summed E-state index contributed by atoms with van der Waals surface area (Å²) in [5.74, 6) is 0.900. The molecule has 1 unspecified atom stereocenters. The van der Waals surface area contributed by atoms with Crippen molar-refractivity contribution in [2.45, 2.75) is 39.3 Å². The molecule has 1 N–H and O–H groups in total. The highest BCUT2D eigenvalue weighted by Crippen LogP contribution is 2.15. The van der Waals surface area contributed by atoms with E-state index in [1.54, 1.807) is 10.9 Å². The number of amides is 1. The molecule has 1 aliphatic rings. The van der Waals surface area contributed by atoms with Crippen molar-refractivity contribution < 1.29 is 4.79 Å². The first-order valence-corrected chi connectivity index (χ1v) is 8.41. The molecular weight excluding hydrogens is 316 g/mol. The number of carbonyl (C=O) groups excluding carboxylic acids is 1. The Morgan fingerprint density at radius 1 is 1.20 bits per heavy atom. The van der Waals surface area contributed by atoms with Crippen molar-refractivity contribution >= 4 is 5.91 Å². The van der Waals surface area contributed by atoms with Crippen molar-refractivity contribution in [3.05, 3.63) is 59.4 Å². The first kappa shape index (κ1) is 15.6. The van der Waals surface area contributed by atoms with Gasteiger partial charge in [-0.3, -0.25) is 4.79 Å². The zero-order chi connectivity index (χ0) is 17.4. The van der Waals surface area contributed by atoms with Gasteiger partial charge in [-0.1, -0.05) is 22.9 Å². The van der Waals surface area contributed by atoms with E-state index in [4.69, 9.17) is 0 Å². The van der Waals surface area contributed by atoms with Crippen LogP contribution in [0, 0.1) is 13.8 Å². The van der Waals surface area contributed by atoms with Crippen molar-refractivity contribution in [3.8, 4) is 5.69 Å². The topological polar surface area (TPSA) is 77.6 Å². The van der Waals surface area contributed by atoms with Gasteiger partial charge in [0.1, 0.15) is 5.82 Å². The van der Waals surface area contributed by atoms with Crippen LogP contribution in [0.15, 0.2) is 36.7 Å². The fourth-order valence-corrected chi connectivity index (χ4v) is 3.16. The quantitative estimate of drug-likeness (QED) is 0.791. The number of hydrogen-bond acceptors (Lipinski definition) is 4. The summed E-state index contributed by atoms with van der Waals surface area (Å²) in [6.07, 6.45) is 5.44. The second kappa shape index (κ2) is 6.16. The molecule has 0 spiro atoms. The van der Waals surface area contributed by atoms with E-state index in [0.717, 1.165) is 36.6 Å². The second-order valence-corrected chi connectivity index (χ2v) is 6.54. The molecule has 1 amide bonds. The van der Waals surface area contributed by atoms with E-state index in [9.17, 15) is 4.79 Å². The molecule has 1 atom stereocenters. The summed E-state index contributed by atoms with van der Waals surface area (Å²) in [4.78, 5) is 17.0. The Hall–Kier alpha value is -2.96. The monoisotopic (exact) mass is 336 g/mol. The molecular formula is C18H20N6O. The molecule has 0 fully saturated rings. The number of hydrogen-bond donors (Lipinski definition) is 1. The SMILES string of the molecule is Cc1ccc(-n2cc(C(=O)NC3CCc4nc(C)cn4C3)nn2)cc1. The molecule has 1 aliphatic heterocycles. The van der Waals surface area contributed by atoms with Crippen LogP contribution in [0.5, 0.6) is 0 Å². The normalized spacial score (nSPS) is 16.5. The van der Waals surface area contributed by atoms with Gasteiger partial charge in [0, 0.05) is 25.2 Å². The van der Waals surface area contributed by atoms with E-state index in [-0.39, 0.29) is 11.9 Å². The number of imidazole rings is 1. The minimum absolute atomic E-state index is 0.0816. The molecule has 0 aliphatic carbocycles. The third-order valence-electron chi connectivity index (χ3n) is 4.47. The number of rotatable bonds is 3. The maximum Gasteiger partial charge on any atom is 0.273 e. The molecule has 3 heterocycles. The van der Waals surface area contributed by atoms with Crippen molar-refractivity contribution in [3.63, 3.8) is 0 Å². The average Bonchev–Trinajstić information content (AvgIpc) is 3.21. The fourth-order valence-electron chi connectivity index (χ4n) is 3.16. The maximum atomic E-state index is 12.5. The van der Waals surface area contributed by atoms with Gasteiger partial charge in [0.05, 0.1) is 17.6 Å². The number of aryl methyl sites for hydroxylation is 3. The van der Waals surface area contributed by atoms with Crippen LogP contribution in [-0.2, 0) is 13.0 Å². The number of nitrogens with zero attached hydrogens (tertiary/aromatic N) is 5. The minimum atomic E-state index is -0.191. The molecule has 0 saturated carbocycles. The Bertz CT molecular complexity index is 908. The lowest BCUT2D eigenvalue weighted by atomic mass is 10.1. The van der Waals surface area contributed by atoms with E-state index in [0.29, 0.717) is 5.69 Å². The van der Waals surface area contributed by atoms with Crippen LogP contribution in [0.4, 0.5) is 0 Å². The molecule has 3 aromatic rings. The lowest BCUT2D eigenvalue weighted by Crippen LogP contribution is -2.41. The van der Waals surface area contributed by atoms with Crippen molar-refractivity contribution in [2.75, 3.05) is 0 Å². The first-order valence-electron chi connectivity index (χ1n) is 8.41. The number of nitrogens with one attached hydrogen (secondary N) is 1. The molecule has 2 aromatic heterocycles. The highest BCUT2D eigenvalue weighted by molar-refractivity contribution is 5.92.